The molecule has 2 aliphatic heterocycles. The lowest BCUT2D eigenvalue weighted by Gasteiger charge is -2.28. The second-order valence-electron chi connectivity index (χ2n) is 12.9. The van der Waals surface area contributed by atoms with Crippen LogP contribution in [0.15, 0.2) is 84.3 Å². The van der Waals surface area contributed by atoms with E-state index in [1.54, 1.807) is 0 Å². The summed E-state index contributed by atoms with van der Waals surface area (Å²) in [6.45, 7) is 11.3. The Labute approximate surface area is 359 Å². The van der Waals surface area contributed by atoms with E-state index in [1.165, 1.54) is 0 Å². The zero-order chi connectivity index (χ0) is 36.7. The van der Waals surface area contributed by atoms with Gasteiger partial charge in [0, 0.05) is 10.8 Å². The lowest BCUT2D eigenvalue weighted by molar-refractivity contribution is 0.260. The summed E-state index contributed by atoms with van der Waals surface area (Å²) in [4.78, 5) is 0. The molecule has 0 aliphatic carbocycles. The van der Waals surface area contributed by atoms with Gasteiger partial charge in [-0.25, -0.2) is 0 Å². The Bertz CT molecular complexity index is 1680. The molecule has 2 atom stereocenters. The standard InChI is InChI=1S/C21H20Br4O4.C15H12Br4O2/c1-21(2,11-3-15(22)19(16(23)4-11)28-9-13-7-26-13)12-5-17(24)20(18(25)6-12)29-10-14-8-27-14;1-15(2,7-3-9(16)13(20)10(17)4-7)8-5-11(18)14(21)12(19)6-8/h3-6,13-14H,7-10H2,1-2H3;3-6,20-21H,1-2H3. The third-order valence-corrected chi connectivity index (χ3v) is 13.3. The molecule has 0 aromatic heterocycles. The molecule has 2 aliphatic rings. The second-order valence-corrected chi connectivity index (χ2v) is 19.7. The molecule has 50 heavy (non-hydrogen) atoms. The molecule has 6 rings (SSSR count). The van der Waals surface area contributed by atoms with Gasteiger partial charge >= 0.3 is 0 Å². The van der Waals surface area contributed by atoms with Gasteiger partial charge in [0.25, 0.3) is 0 Å². The van der Waals surface area contributed by atoms with Gasteiger partial charge in [-0.15, -0.1) is 0 Å². The minimum Gasteiger partial charge on any atom is -0.506 e. The van der Waals surface area contributed by atoms with Gasteiger partial charge in [-0.05, 0) is 198 Å². The molecule has 2 unspecified atom stereocenters. The number of ether oxygens (including phenoxy) is 4. The third kappa shape index (κ3) is 9.73. The summed E-state index contributed by atoms with van der Waals surface area (Å²) in [6.07, 6.45) is 0.429. The van der Waals surface area contributed by atoms with Gasteiger partial charge in [0.15, 0.2) is 0 Å². The minimum atomic E-state index is -0.308. The maximum Gasteiger partial charge on any atom is 0.147 e. The van der Waals surface area contributed by atoms with Crippen molar-refractivity contribution in [3.05, 3.63) is 107 Å². The van der Waals surface area contributed by atoms with Gasteiger partial charge in [0.1, 0.15) is 48.4 Å². The van der Waals surface area contributed by atoms with Crippen LogP contribution in [0.5, 0.6) is 23.0 Å². The predicted molar refractivity (Wildman–Crippen MR) is 225 cm³/mol. The molecule has 2 saturated heterocycles. The van der Waals surface area contributed by atoms with Crippen LogP contribution in [-0.4, -0.2) is 48.8 Å². The smallest absolute Gasteiger partial charge is 0.147 e. The molecule has 0 spiro atoms. The first-order valence-electron chi connectivity index (χ1n) is 15.2. The number of halogens is 8. The predicted octanol–water partition coefficient (Wildman–Crippen LogP) is 13.1. The molecule has 0 amide bonds. The van der Waals surface area contributed by atoms with E-state index in [4.69, 9.17) is 18.9 Å². The Morgan fingerprint density at radius 2 is 0.720 bits per heavy atom. The van der Waals surface area contributed by atoms with E-state index in [0.717, 1.165) is 64.9 Å². The molecule has 2 fully saturated rings. The van der Waals surface area contributed by atoms with Crippen molar-refractivity contribution in [1.29, 1.82) is 0 Å². The molecule has 0 radical (unpaired) electrons. The van der Waals surface area contributed by atoms with Crippen LogP contribution in [0.3, 0.4) is 0 Å². The summed E-state index contributed by atoms with van der Waals surface area (Å²) < 4.78 is 28.5. The monoisotopic (exact) mass is 1190 g/mol. The van der Waals surface area contributed by atoms with E-state index in [9.17, 15) is 10.2 Å². The van der Waals surface area contributed by atoms with E-state index in [0.29, 0.717) is 31.1 Å². The fourth-order valence-electron chi connectivity index (χ4n) is 4.98. The minimum absolute atomic E-state index is 0.183. The Morgan fingerprint density at radius 1 is 0.500 bits per heavy atom. The van der Waals surface area contributed by atoms with Crippen LogP contribution < -0.4 is 9.47 Å². The van der Waals surface area contributed by atoms with Crippen molar-refractivity contribution in [1.82, 2.24) is 0 Å². The number of benzene rings is 4. The number of rotatable bonds is 10. The van der Waals surface area contributed by atoms with Crippen molar-refractivity contribution in [3.8, 4) is 23.0 Å². The van der Waals surface area contributed by atoms with Crippen molar-refractivity contribution in [2.45, 2.75) is 50.7 Å². The topological polar surface area (TPSA) is 84.0 Å². The summed E-state index contributed by atoms with van der Waals surface area (Å²) in [7, 11) is 0. The Balaban J connectivity index is 0.000000205. The number of phenols is 2. The fraction of sp³-hybridized carbons (Fsp3) is 0.333. The quantitative estimate of drug-likeness (QED) is 0.154. The van der Waals surface area contributed by atoms with Crippen molar-refractivity contribution in [2.24, 2.45) is 0 Å². The first-order valence-corrected chi connectivity index (χ1v) is 21.6. The lowest BCUT2D eigenvalue weighted by Crippen LogP contribution is -2.19. The van der Waals surface area contributed by atoms with E-state index in [1.807, 2.05) is 24.3 Å². The first-order chi connectivity index (χ1) is 23.4. The van der Waals surface area contributed by atoms with Gasteiger partial charge in [-0.2, -0.15) is 0 Å². The number of epoxide rings is 2. The van der Waals surface area contributed by atoms with Gasteiger partial charge in [0.2, 0.25) is 0 Å². The molecular weight excluding hydrogens is 1170 g/mol. The van der Waals surface area contributed by atoms with Gasteiger partial charge in [-0.3, -0.25) is 0 Å². The Kier molecular flexibility index (Phi) is 13.7. The van der Waals surface area contributed by atoms with E-state index < -0.39 is 0 Å². The molecule has 2 heterocycles. The second kappa shape index (κ2) is 16.7. The molecular formula is C36H32Br8O6. The van der Waals surface area contributed by atoms with Crippen LogP contribution in [0.25, 0.3) is 0 Å². The van der Waals surface area contributed by atoms with Crippen LogP contribution in [0.1, 0.15) is 49.9 Å². The van der Waals surface area contributed by atoms with Crippen LogP contribution in [0.4, 0.5) is 0 Å². The Hall–Kier alpha value is -0.160. The highest BCUT2D eigenvalue weighted by atomic mass is 79.9. The number of hydrogen-bond donors (Lipinski definition) is 2. The zero-order valence-electron chi connectivity index (χ0n) is 27.2. The highest BCUT2D eigenvalue weighted by Gasteiger charge is 2.30. The van der Waals surface area contributed by atoms with Crippen molar-refractivity contribution in [3.63, 3.8) is 0 Å². The lowest BCUT2D eigenvalue weighted by atomic mass is 9.78. The number of hydrogen-bond acceptors (Lipinski definition) is 6. The van der Waals surface area contributed by atoms with Crippen molar-refractivity contribution >= 4 is 127 Å². The maximum atomic E-state index is 9.85. The largest absolute Gasteiger partial charge is 0.506 e. The summed E-state index contributed by atoms with van der Waals surface area (Å²) in [5, 5.41) is 19.7. The summed E-state index contributed by atoms with van der Waals surface area (Å²) in [6, 6.07) is 16.1. The summed E-state index contributed by atoms with van der Waals surface area (Å²) >= 11 is 28.1. The molecule has 0 saturated carbocycles. The van der Waals surface area contributed by atoms with Crippen LogP contribution >= 0.6 is 127 Å². The fourth-order valence-corrected chi connectivity index (χ4v) is 10.2. The van der Waals surface area contributed by atoms with Crippen LogP contribution in [-0.2, 0) is 20.3 Å². The van der Waals surface area contributed by atoms with Crippen molar-refractivity contribution < 1.29 is 29.2 Å². The van der Waals surface area contributed by atoms with Crippen LogP contribution in [0, 0.1) is 0 Å². The van der Waals surface area contributed by atoms with E-state index >= 15 is 0 Å². The molecule has 6 nitrogen and oxygen atoms in total. The van der Waals surface area contributed by atoms with Crippen LogP contribution in [0.2, 0.25) is 0 Å². The molecule has 4 aromatic carbocycles. The number of aromatic hydroxyl groups is 2. The normalized spacial score (nSPS) is 16.8. The Morgan fingerprint density at radius 3 is 0.940 bits per heavy atom. The third-order valence-electron chi connectivity index (χ3n) is 8.55. The summed E-state index contributed by atoms with van der Waals surface area (Å²) in [5.41, 5.74) is 3.83. The van der Waals surface area contributed by atoms with Crippen molar-refractivity contribution in [2.75, 3.05) is 26.4 Å². The van der Waals surface area contributed by atoms with Gasteiger partial charge in [0.05, 0.1) is 49.0 Å². The van der Waals surface area contributed by atoms with E-state index in [-0.39, 0.29) is 34.5 Å². The summed E-state index contributed by atoms with van der Waals surface area (Å²) in [5.74, 6) is 1.96. The van der Waals surface area contributed by atoms with Gasteiger partial charge < -0.3 is 29.2 Å². The maximum absolute atomic E-state index is 9.85. The average Bonchev–Trinajstić information content (AvgIpc) is 3.98. The number of phenolic OH excluding ortho intramolecular Hbond substituents is 2. The van der Waals surface area contributed by atoms with Gasteiger partial charge in [-0.1, -0.05) is 27.7 Å². The molecule has 14 heteroatoms. The molecule has 268 valence electrons. The highest BCUT2D eigenvalue weighted by molar-refractivity contribution is 9.12. The highest BCUT2D eigenvalue weighted by Crippen LogP contribution is 2.45. The SMILES string of the molecule is CC(C)(c1cc(Br)c(O)c(Br)c1)c1cc(Br)c(O)c(Br)c1.CC(C)(c1cc(Br)c(OCC2CO2)c(Br)c1)c1cc(Br)c(OCC2CO2)c(Br)c1. The molecule has 4 aromatic rings. The molecule has 0 bridgehead atoms. The first kappa shape index (κ1) is 41.0. The molecule has 2 N–H and O–H groups in total. The zero-order valence-corrected chi connectivity index (χ0v) is 39.8. The van der Waals surface area contributed by atoms with E-state index in [2.05, 4.69) is 179 Å². The average molecular weight is 1200 g/mol.